The van der Waals surface area contributed by atoms with Crippen LogP contribution in [-0.2, 0) is 13.9 Å². The van der Waals surface area contributed by atoms with Gasteiger partial charge in [0.1, 0.15) is 5.60 Å². The number of ketones is 1. The SMILES string of the molecule is CCC(P(=O)=O)[N+](C)(C)C.CCCCCCCCC=CCCCCCCCCCCCC(=O)C(C)(O)CO. The van der Waals surface area contributed by atoms with E-state index in [0.717, 1.165) is 19.3 Å². The molecule has 0 fully saturated rings. The smallest absolute Gasteiger partial charge is 0.375 e. The van der Waals surface area contributed by atoms with Gasteiger partial charge in [-0.15, -0.1) is 0 Å². The van der Waals surface area contributed by atoms with Crippen molar-refractivity contribution in [2.75, 3.05) is 27.7 Å². The maximum absolute atomic E-state index is 11.7. The summed E-state index contributed by atoms with van der Waals surface area (Å²) in [6, 6.07) is 0. The molecule has 7 heteroatoms. The molecule has 0 aliphatic carbocycles. The third kappa shape index (κ3) is 24.2. The summed E-state index contributed by atoms with van der Waals surface area (Å²) in [6.45, 7) is 5.06. The van der Waals surface area contributed by atoms with Gasteiger partial charge in [-0.05, 0) is 39.0 Å². The fourth-order valence-corrected chi connectivity index (χ4v) is 5.26. The highest BCUT2D eigenvalue weighted by Crippen LogP contribution is 2.24. The quantitative estimate of drug-likeness (QED) is 0.0534. The van der Waals surface area contributed by atoms with Gasteiger partial charge in [-0.1, -0.05) is 103 Å². The number of quaternary nitrogens is 1. The number of aliphatic hydroxyl groups is 2. The number of unbranched alkanes of at least 4 members (excludes halogenated alkanes) is 15. The van der Waals surface area contributed by atoms with Crippen molar-refractivity contribution in [3.8, 4) is 0 Å². The fraction of sp³-hybridized carbons (Fsp3) is 0.903. The molecule has 0 spiro atoms. The first-order chi connectivity index (χ1) is 17.9. The number of carbonyl (C=O) groups is 1. The molecule has 0 saturated carbocycles. The summed E-state index contributed by atoms with van der Waals surface area (Å²) in [5, 5.41) is 18.6. The van der Waals surface area contributed by atoms with Crippen LogP contribution in [0.25, 0.3) is 0 Å². The van der Waals surface area contributed by atoms with Gasteiger partial charge in [0.2, 0.25) is 0 Å². The van der Waals surface area contributed by atoms with Gasteiger partial charge in [0.05, 0.1) is 27.7 Å². The summed E-state index contributed by atoms with van der Waals surface area (Å²) in [5.41, 5.74) is -1.55. The second-order valence-corrected chi connectivity index (χ2v) is 13.1. The summed E-state index contributed by atoms with van der Waals surface area (Å²) < 4.78 is 21.7. The number of hydrogen-bond donors (Lipinski definition) is 2. The van der Waals surface area contributed by atoms with Gasteiger partial charge in [-0.25, -0.2) is 9.13 Å². The Labute approximate surface area is 236 Å². The lowest BCUT2D eigenvalue weighted by atomic mass is 9.96. The minimum atomic E-state index is -2.28. The van der Waals surface area contributed by atoms with Crippen molar-refractivity contribution in [1.29, 1.82) is 0 Å². The van der Waals surface area contributed by atoms with Crippen LogP contribution in [-0.4, -0.2) is 59.6 Å². The molecule has 0 bridgehead atoms. The van der Waals surface area contributed by atoms with Crippen molar-refractivity contribution < 1.29 is 28.6 Å². The monoisotopic (exact) mass is 560 g/mol. The van der Waals surface area contributed by atoms with Crippen LogP contribution in [0.15, 0.2) is 12.2 Å². The number of hydrogen-bond acceptors (Lipinski definition) is 5. The summed E-state index contributed by atoms with van der Waals surface area (Å²) >= 11 is 0. The summed E-state index contributed by atoms with van der Waals surface area (Å²) in [5.74, 6) is -0.481. The normalized spacial score (nSPS) is 14.1. The number of carbonyl (C=O) groups excluding carboxylic acids is 1. The molecule has 0 aromatic heterocycles. The zero-order valence-corrected chi connectivity index (χ0v) is 26.8. The maximum Gasteiger partial charge on any atom is 0.375 e. The standard InChI is InChI=1S/C25H48O3.C6H15NO2P/c1-3-4-5-6-7-8-9-10-11-12-13-14-15-16-17-18-19-20-21-22-24(27)25(2,28)23-26;1-5-6(10(8)9)7(2,3)4/h10-11,26,28H,3-9,12-23H2,1-2H3;6H,5H2,1-4H3/q;+1. The third-order valence-electron chi connectivity index (χ3n) is 7.08. The van der Waals surface area contributed by atoms with E-state index in [-0.39, 0.29) is 11.6 Å². The number of Topliss-reactive ketones (excluding diaryl/α,β-unsaturated/α-hetero) is 1. The van der Waals surface area contributed by atoms with Gasteiger partial charge in [-0.2, -0.15) is 0 Å². The highest BCUT2D eigenvalue weighted by atomic mass is 31.1. The lowest BCUT2D eigenvalue weighted by molar-refractivity contribution is -0.882. The van der Waals surface area contributed by atoms with E-state index in [1.54, 1.807) is 0 Å². The van der Waals surface area contributed by atoms with Crippen molar-refractivity contribution in [3.63, 3.8) is 0 Å². The van der Waals surface area contributed by atoms with Gasteiger partial charge in [0, 0.05) is 12.8 Å². The molecular weight excluding hydrogens is 497 g/mol. The molecule has 0 saturated heterocycles. The molecule has 0 radical (unpaired) electrons. The van der Waals surface area contributed by atoms with Gasteiger partial charge >= 0.3 is 7.68 Å². The highest BCUT2D eigenvalue weighted by Gasteiger charge is 2.28. The van der Waals surface area contributed by atoms with E-state index >= 15 is 0 Å². The van der Waals surface area contributed by atoms with Gasteiger partial charge in [0.15, 0.2) is 11.6 Å². The number of nitrogens with zero attached hydrogens (tertiary/aromatic N) is 1. The molecule has 0 aromatic carbocycles. The largest absolute Gasteiger partial charge is 0.393 e. The van der Waals surface area contributed by atoms with Crippen LogP contribution in [0.2, 0.25) is 0 Å². The average Bonchev–Trinajstić information content (AvgIpc) is 2.84. The van der Waals surface area contributed by atoms with E-state index in [2.05, 4.69) is 19.1 Å². The van der Waals surface area contributed by atoms with Crippen LogP contribution in [0.1, 0.15) is 143 Å². The number of allylic oxidation sites excluding steroid dienone is 2. The van der Waals surface area contributed by atoms with E-state index in [1.807, 2.05) is 28.1 Å². The number of rotatable bonds is 24. The lowest BCUT2D eigenvalue weighted by Crippen LogP contribution is -2.41. The predicted molar refractivity (Wildman–Crippen MR) is 161 cm³/mol. The minimum absolute atomic E-state index is 0.240. The molecule has 2 atom stereocenters. The molecule has 0 aliphatic rings. The Bertz CT molecular complexity index is 645. The summed E-state index contributed by atoms with van der Waals surface area (Å²) in [4.78, 5) is 11.7. The Balaban J connectivity index is 0. The molecule has 0 aliphatic heterocycles. The first-order valence-electron chi connectivity index (χ1n) is 15.4. The van der Waals surface area contributed by atoms with E-state index in [4.69, 9.17) is 5.11 Å². The summed E-state index contributed by atoms with van der Waals surface area (Å²) in [7, 11) is 3.38. The molecule has 0 heterocycles. The van der Waals surface area contributed by atoms with Crippen molar-refractivity contribution in [1.82, 2.24) is 0 Å². The molecule has 2 N–H and O–H groups in total. The van der Waals surface area contributed by atoms with Gasteiger partial charge < -0.3 is 14.7 Å². The van der Waals surface area contributed by atoms with Crippen LogP contribution in [0.4, 0.5) is 0 Å². The molecule has 6 nitrogen and oxygen atoms in total. The average molecular weight is 561 g/mol. The van der Waals surface area contributed by atoms with Crippen LogP contribution >= 0.6 is 7.68 Å². The molecular formula is C31H63NO5P+. The van der Waals surface area contributed by atoms with Crippen LogP contribution in [0, 0.1) is 0 Å². The lowest BCUT2D eigenvalue weighted by Gasteiger charge is -2.28. The van der Waals surface area contributed by atoms with Gasteiger partial charge in [0.25, 0.3) is 0 Å². The maximum atomic E-state index is 11.7. The van der Waals surface area contributed by atoms with Crippen molar-refractivity contribution >= 4 is 13.5 Å². The third-order valence-corrected chi connectivity index (χ3v) is 8.62. The topological polar surface area (TPSA) is 91.7 Å². The Morgan fingerprint density at radius 3 is 1.47 bits per heavy atom. The van der Waals surface area contributed by atoms with Crippen molar-refractivity contribution in [3.05, 3.63) is 12.2 Å². The van der Waals surface area contributed by atoms with Crippen LogP contribution in [0.3, 0.4) is 0 Å². The Morgan fingerprint density at radius 1 is 0.763 bits per heavy atom. The van der Waals surface area contributed by atoms with E-state index in [1.165, 1.54) is 96.8 Å². The number of aliphatic hydroxyl groups excluding tert-OH is 1. The van der Waals surface area contributed by atoms with E-state index in [0.29, 0.717) is 17.3 Å². The molecule has 0 aromatic rings. The Morgan fingerprint density at radius 2 is 1.16 bits per heavy atom. The Hall–Kier alpha value is -0.810. The van der Waals surface area contributed by atoms with Crippen molar-refractivity contribution in [2.45, 2.75) is 154 Å². The minimum Gasteiger partial charge on any atom is -0.393 e. The molecule has 2 unspecified atom stereocenters. The second-order valence-electron chi connectivity index (χ2n) is 11.9. The Kier molecular flexibility index (Phi) is 26.1. The fourth-order valence-electron chi connectivity index (χ4n) is 4.40. The predicted octanol–water partition coefficient (Wildman–Crippen LogP) is 8.50. The molecule has 226 valence electrons. The highest BCUT2D eigenvalue weighted by molar-refractivity contribution is 7.31. The first kappa shape index (κ1) is 39.3. The molecule has 38 heavy (non-hydrogen) atoms. The van der Waals surface area contributed by atoms with E-state index in [9.17, 15) is 19.0 Å². The summed E-state index contributed by atoms with van der Waals surface area (Å²) in [6.07, 6.45) is 27.5. The molecule has 0 rings (SSSR count). The second kappa shape index (κ2) is 25.2. The van der Waals surface area contributed by atoms with Gasteiger partial charge in [-0.3, -0.25) is 4.79 Å². The van der Waals surface area contributed by atoms with Crippen molar-refractivity contribution in [2.24, 2.45) is 0 Å². The zero-order chi connectivity index (χ0) is 29.3. The van der Waals surface area contributed by atoms with Crippen LogP contribution in [0.5, 0.6) is 0 Å². The first-order valence-corrected chi connectivity index (χ1v) is 16.6. The van der Waals surface area contributed by atoms with E-state index < -0.39 is 19.9 Å². The van der Waals surface area contributed by atoms with Crippen LogP contribution < -0.4 is 0 Å². The zero-order valence-electron chi connectivity index (χ0n) is 25.9. The molecule has 0 amide bonds.